The number of rotatable bonds is 1. The van der Waals surface area contributed by atoms with Gasteiger partial charge in [0.15, 0.2) is 5.84 Å². The Morgan fingerprint density at radius 1 is 1.57 bits per heavy atom. The molecule has 0 aliphatic carbocycles. The Morgan fingerprint density at radius 2 is 2.36 bits per heavy atom. The number of aryl methyl sites for hydroxylation is 1. The standard InChI is InChI=1S/C9H10N4O/c1-6-3-2-4-8-11-7(5-13(6)8)9(10)12-14/h2-5,14H,1H3,(H2,10,12). The summed E-state index contributed by atoms with van der Waals surface area (Å²) in [6, 6.07) is 5.74. The molecule has 0 spiro atoms. The van der Waals surface area contributed by atoms with Crippen LogP contribution in [0.1, 0.15) is 11.4 Å². The Hall–Kier alpha value is -2.04. The topological polar surface area (TPSA) is 75.9 Å². The predicted molar refractivity (Wildman–Crippen MR) is 52.4 cm³/mol. The van der Waals surface area contributed by atoms with Gasteiger partial charge in [0, 0.05) is 11.9 Å². The second-order valence-corrected chi connectivity index (χ2v) is 3.01. The van der Waals surface area contributed by atoms with E-state index in [1.807, 2.05) is 29.5 Å². The van der Waals surface area contributed by atoms with Gasteiger partial charge in [0.05, 0.1) is 0 Å². The molecule has 72 valence electrons. The summed E-state index contributed by atoms with van der Waals surface area (Å²) in [5.41, 5.74) is 7.74. The lowest BCUT2D eigenvalue weighted by atomic mass is 10.4. The molecule has 2 rings (SSSR count). The van der Waals surface area contributed by atoms with Crippen LogP contribution in [0, 0.1) is 6.92 Å². The minimum absolute atomic E-state index is 0.0214. The Kier molecular flexibility index (Phi) is 1.85. The first-order valence-corrected chi connectivity index (χ1v) is 4.15. The lowest BCUT2D eigenvalue weighted by Crippen LogP contribution is -2.13. The van der Waals surface area contributed by atoms with Gasteiger partial charge in [0.2, 0.25) is 0 Å². The van der Waals surface area contributed by atoms with Gasteiger partial charge in [-0.25, -0.2) is 4.98 Å². The summed E-state index contributed by atoms with van der Waals surface area (Å²) >= 11 is 0. The van der Waals surface area contributed by atoms with E-state index in [9.17, 15) is 0 Å². The third kappa shape index (κ3) is 1.19. The molecule has 0 saturated carbocycles. The molecule has 0 aromatic carbocycles. The van der Waals surface area contributed by atoms with Gasteiger partial charge in [-0.15, -0.1) is 0 Å². The molecule has 0 bridgehead atoms. The minimum Gasteiger partial charge on any atom is -0.409 e. The van der Waals surface area contributed by atoms with Gasteiger partial charge in [0.25, 0.3) is 0 Å². The molecular formula is C9H10N4O. The average Bonchev–Trinajstić information content (AvgIpc) is 2.62. The summed E-state index contributed by atoms with van der Waals surface area (Å²) < 4.78 is 1.88. The normalized spacial score (nSPS) is 12.2. The maximum absolute atomic E-state index is 8.50. The van der Waals surface area contributed by atoms with Gasteiger partial charge in [-0.1, -0.05) is 11.2 Å². The summed E-state index contributed by atoms with van der Waals surface area (Å²) in [6.45, 7) is 1.96. The molecule has 0 aliphatic rings. The van der Waals surface area contributed by atoms with Crippen molar-refractivity contribution in [1.82, 2.24) is 9.38 Å². The van der Waals surface area contributed by atoms with Gasteiger partial charge >= 0.3 is 0 Å². The van der Waals surface area contributed by atoms with E-state index >= 15 is 0 Å². The number of amidine groups is 1. The highest BCUT2D eigenvalue weighted by molar-refractivity contribution is 5.95. The number of nitrogens with two attached hydrogens (primary N) is 1. The zero-order valence-electron chi connectivity index (χ0n) is 7.68. The van der Waals surface area contributed by atoms with Crippen LogP contribution in [0.15, 0.2) is 29.6 Å². The summed E-state index contributed by atoms with van der Waals surface area (Å²) in [5.74, 6) is 0.0214. The Balaban J connectivity index is 2.68. The van der Waals surface area contributed by atoms with E-state index in [4.69, 9.17) is 10.9 Å². The third-order valence-corrected chi connectivity index (χ3v) is 2.07. The molecule has 0 atom stereocenters. The SMILES string of the molecule is Cc1cccc2nc(/C(N)=N\O)cn12. The summed E-state index contributed by atoms with van der Waals surface area (Å²) in [4.78, 5) is 4.19. The highest BCUT2D eigenvalue weighted by Crippen LogP contribution is 2.07. The van der Waals surface area contributed by atoms with Crippen molar-refractivity contribution >= 4 is 11.5 Å². The maximum Gasteiger partial charge on any atom is 0.190 e. The summed E-state index contributed by atoms with van der Waals surface area (Å²) in [6.07, 6.45) is 1.74. The van der Waals surface area contributed by atoms with Crippen LogP contribution in [0.2, 0.25) is 0 Å². The molecule has 0 fully saturated rings. The number of nitrogens with zero attached hydrogens (tertiary/aromatic N) is 3. The Labute approximate surface area is 80.5 Å². The van der Waals surface area contributed by atoms with Crippen LogP contribution in [-0.4, -0.2) is 20.4 Å². The zero-order chi connectivity index (χ0) is 10.1. The molecule has 0 saturated heterocycles. The lowest BCUT2D eigenvalue weighted by molar-refractivity contribution is 0.318. The summed E-state index contributed by atoms with van der Waals surface area (Å²) in [5, 5.41) is 11.4. The summed E-state index contributed by atoms with van der Waals surface area (Å²) in [7, 11) is 0. The molecule has 0 aliphatic heterocycles. The zero-order valence-corrected chi connectivity index (χ0v) is 7.68. The van der Waals surface area contributed by atoms with Gasteiger partial charge in [-0.3, -0.25) is 0 Å². The van der Waals surface area contributed by atoms with Gasteiger partial charge in [-0.05, 0) is 19.1 Å². The minimum atomic E-state index is 0.0214. The lowest BCUT2D eigenvalue weighted by Gasteiger charge is -1.95. The fourth-order valence-corrected chi connectivity index (χ4v) is 1.32. The van der Waals surface area contributed by atoms with Crippen molar-refractivity contribution in [3.05, 3.63) is 35.8 Å². The van der Waals surface area contributed by atoms with E-state index < -0.39 is 0 Å². The van der Waals surface area contributed by atoms with Crippen molar-refractivity contribution in [3.8, 4) is 0 Å². The van der Waals surface area contributed by atoms with Crippen LogP contribution in [-0.2, 0) is 0 Å². The fraction of sp³-hybridized carbons (Fsp3) is 0.111. The van der Waals surface area contributed by atoms with Crippen molar-refractivity contribution in [1.29, 1.82) is 0 Å². The highest BCUT2D eigenvalue weighted by atomic mass is 16.4. The van der Waals surface area contributed by atoms with Gasteiger partial charge < -0.3 is 15.3 Å². The molecule has 2 heterocycles. The van der Waals surface area contributed by atoms with E-state index in [0.717, 1.165) is 11.3 Å². The monoisotopic (exact) mass is 190 g/mol. The first-order valence-electron chi connectivity index (χ1n) is 4.15. The van der Waals surface area contributed by atoms with Crippen molar-refractivity contribution in [2.24, 2.45) is 10.9 Å². The number of oxime groups is 1. The first kappa shape index (κ1) is 8.55. The van der Waals surface area contributed by atoms with Crippen LogP contribution < -0.4 is 5.73 Å². The van der Waals surface area contributed by atoms with Crippen LogP contribution in [0.3, 0.4) is 0 Å². The van der Waals surface area contributed by atoms with E-state index in [2.05, 4.69) is 10.1 Å². The first-order chi connectivity index (χ1) is 6.72. The smallest absolute Gasteiger partial charge is 0.190 e. The van der Waals surface area contributed by atoms with Crippen LogP contribution >= 0.6 is 0 Å². The molecule has 5 heteroatoms. The largest absolute Gasteiger partial charge is 0.409 e. The van der Waals surface area contributed by atoms with E-state index in [-0.39, 0.29) is 5.84 Å². The average molecular weight is 190 g/mol. The highest BCUT2D eigenvalue weighted by Gasteiger charge is 2.05. The van der Waals surface area contributed by atoms with Crippen molar-refractivity contribution in [2.45, 2.75) is 6.92 Å². The second-order valence-electron chi connectivity index (χ2n) is 3.01. The van der Waals surface area contributed by atoms with E-state index in [1.165, 1.54) is 0 Å². The molecule has 3 N–H and O–H groups in total. The number of pyridine rings is 1. The van der Waals surface area contributed by atoms with E-state index in [1.54, 1.807) is 6.20 Å². The van der Waals surface area contributed by atoms with Gasteiger partial charge in [0.1, 0.15) is 11.3 Å². The number of hydrogen-bond acceptors (Lipinski definition) is 3. The Bertz CT molecular complexity index is 500. The number of hydrogen-bond donors (Lipinski definition) is 2. The van der Waals surface area contributed by atoms with Crippen molar-refractivity contribution < 1.29 is 5.21 Å². The number of fused-ring (bicyclic) bond motifs is 1. The molecular weight excluding hydrogens is 180 g/mol. The molecule has 14 heavy (non-hydrogen) atoms. The van der Waals surface area contributed by atoms with Crippen molar-refractivity contribution in [3.63, 3.8) is 0 Å². The van der Waals surface area contributed by atoms with Crippen LogP contribution in [0.25, 0.3) is 5.65 Å². The second kappa shape index (κ2) is 3.02. The fourth-order valence-electron chi connectivity index (χ4n) is 1.32. The Morgan fingerprint density at radius 3 is 3.00 bits per heavy atom. The van der Waals surface area contributed by atoms with Crippen LogP contribution in [0.5, 0.6) is 0 Å². The van der Waals surface area contributed by atoms with E-state index in [0.29, 0.717) is 5.69 Å². The van der Waals surface area contributed by atoms with Gasteiger partial charge in [-0.2, -0.15) is 0 Å². The molecule has 0 unspecified atom stereocenters. The predicted octanol–water partition coefficient (Wildman–Crippen LogP) is 0.737. The molecule has 5 nitrogen and oxygen atoms in total. The molecule has 0 radical (unpaired) electrons. The van der Waals surface area contributed by atoms with Crippen molar-refractivity contribution in [2.75, 3.05) is 0 Å². The quantitative estimate of drug-likeness (QED) is 0.301. The number of aromatic nitrogens is 2. The number of imidazole rings is 1. The molecule has 2 aromatic rings. The molecule has 2 aromatic heterocycles. The maximum atomic E-state index is 8.50. The van der Waals surface area contributed by atoms with Crippen LogP contribution in [0.4, 0.5) is 0 Å². The third-order valence-electron chi connectivity index (χ3n) is 2.07. The molecule has 0 amide bonds.